The quantitative estimate of drug-likeness (QED) is 0.819. The van der Waals surface area contributed by atoms with E-state index in [4.69, 9.17) is 4.74 Å². The first-order valence-electron chi connectivity index (χ1n) is 9.82. The second-order valence-electron chi connectivity index (χ2n) is 8.15. The van der Waals surface area contributed by atoms with Gasteiger partial charge in [0, 0.05) is 25.2 Å². The van der Waals surface area contributed by atoms with Gasteiger partial charge in [-0.05, 0) is 38.4 Å². The normalized spacial score (nSPS) is 22.8. The molecule has 0 N–H and O–H groups in total. The summed E-state index contributed by atoms with van der Waals surface area (Å²) in [6.45, 7) is 5.33. The van der Waals surface area contributed by atoms with Crippen molar-refractivity contribution < 1.29 is 9.53 Å². The summed E-state index contributed by atoms with van der Waals surface area (Å²) in [4.78, 5) is 17.2. The number of carbonyl (C=O) groups excluding carboxylic acids is 1. The maximum Gasteiger partial charge on any atom is 0.227 e. The van der Waals surface area contributed by atoms with Crippen LogP contribution in [0.5, 0.6) is 5.75 Å². The zero-order valence-electron chi connectivity index (χ0n) is 16.3. The van der Waals surface area contributed by atoms with Gasteiger partial charge in [-0.3, -0.25) is 9.69 Å². The van der Waals surface area contributed by atoms with Crippen molar-refractivity contribution in [2.75, 3.05) is 26.7 Å². The maximum atomic E-state index is 12.9. The second-order valence-corrected chi connectivity index (χ2v) is 8.15. The van der Waals surface area contributed by atoms with Crippen LogP contribution in [0.15, 0.2) is 48.5 Å². The SMILES string of the molecule is Cc1ccc2c(c1)CN(C)CC1(CCCN(C(=O)Cc3ccccc3)C1)O2. The van der Waals surface area contributed by atoms with Gasteiger partial charge >= 0.3 is 0 Å². The van der Waals surface area contributed by atoms with Crippen molar-refractivity contribution in [3.63, 3.8) is 0 Å². The molecular formula is C23H28N2O2. The van der Waals surface area contributed by atoms with Crippen molar-refractivity contribution in [2.24, 2.45) is 0 Å². The van der Waals surface area contributed by atoms with E-state index in [0.29, 0.717) is 13.0 Å². The van der Waals surface area contributed by atoms with Crippen LogP contribution in [-0.2, 0) is 17.8 Å². The van der Waals surface area contributed by atoms with Crippen LogP contribution in [0.4, 0.5) is 0 Å². The Morgan fingerprint density at radius 3 is 2.78 bits per heavy atom. The lowest BCUT2D eigenvalue weighted by Gasteiger charge is -2.43. The number of rotatable bonds is 2. The van der Waals surface area contributed by atoms with Crippen molar-refractivity contribution in [1.29, 1.82) is 0 Å². The molecule has 142 valence electrons. The molecule has 27 heavy (non-hydrogen) atoms. The molecule has 1 amide bonds. The molecule has 1 fully saturated rings. The number of piperidine rings is 1. The fraction of sp³-hybridized carbons (Fsp3) is 0.435. The second kappa shape index (κ2) is 7.35. The highest BCUT2D eigenvalue weighted by Gasteiger charge is 2.42. The first-order chi connectivity index (χ1) is 13.0. The lowest BCUT2D eigenvalue weighted by molar-refractivity contribution is -0.136. The molecule has 1 atom stereocenters. The molecule has 2 heterocycles. The molecule has 0 radical (unpaired) electrons. The Morgan fingerprint density at radius 2 is 1.96 bits per heavy atom. The van der Waals surface area contributed by atoms with E-state index in [2.05, 4.69) is 37.1 Å². The molecule has 1 spiro atoms. The Hall–Kier alpha value is -2.33. The molecule has 0 aliphatic carbocycles. The first-order valence-corrected chi connectivity index (χ1v) is 9.82. The highest BCUT2D eigenvalue weighted by atomic mass is 16.5. The van der Waals surface area contributed by atoms with Crippen LogP contribution < -0.4 is 4.74 Å². The Bertz CT molecular complexity index is 820. The fourth-order valence-corrected chi connectivity index (χ4v) is 4.44. The summed E-state index contributed by atoms with van der Waals surface area (Å²) >= 11 is 0. The monoisotopic (exact) mass is 364 g/mol. The molecule has 2 aliphatic heterocycles. The lowest BCUT2D eigenvalue weighted by Crippen LogP contribution is -2.57. The van der Waals surface area contributed by atoms with Crippen LogP contribution in [0.3, 0.4) is 0 Å². The van der Waals surface area contributed by atoms with E-state index < -0.39 is 0 Å². The number of benzene rings is 2. The van der Waals surface area contributed by atoms with Gasteiger partial charge < -0.3 is 9.64 Å². The molecule has 2 aliphatic rings. The number of fused-ring (bicyclic) bond motifs is 1. The van der Waals surface area contributed by atoms with E-state index in [-0.39, 0.29) is 11.5 Å². The largest absolute Gasteiger partial charge is 0.484 e. The number of likely N-dealkylation sites (N-methyl/N-ethyl adjacent to an activating group) is 1. The van der Waals surface area contributed by atoms with E-state index >= 15 is 0 Å². The summed E-state index contributed by atoms with van der Waals surface area (Å²) in [6, 6.07) is 16.4. The third-order valence-corrected chi connectivity index (χ3v) is 5.63. The third-order valence-electron chi connectivity index (χ3n) is 5.63. The number of amides is 1. The van der Waals surface area contributed by atoms with Crippen molar-refractivity contribution in [3.05, 3.63) is 65.2 Å². The van der Waals surface area contributed by atoms with Crippen molar-refractivity contribution in [1.82, 2.24) is 9.80 Å². The summed E-state index contributed by atoms with van der Waals surface area (Å²) in [5, 5.41) is 0. The number of hydrogen-bond acceptors (Lipinski definition) is 3. The van der Waals surface area contributed by atoms with Crippen molar-refractivity contribution in [2.45, 2.75) is 38.3 Å². The van der Waals surface area contributed by atoms with E-state index in [9.17, 15) is 4.79 Å². The molecule has 4 heteroatoms. The topological polar surface area (TPSA) is 32.8 Å². The number of carbonyl (C=O) groups is 1. The van der Waals surface area contributed by atoms with Crippen LogP contribution in [0.2, 0.25) is 0 Å². The Balaban J connectivity index is 1.54. The van der Waals surface area contributed by atoms with Crippen LogP contribution in [0, 0.1) is 6.92 Å². The van der Waals surface area contributed by atoms with Gasteiger partial charge in [0.2, 0.25) is 5.91 Å². The first kappa shape index (κ1) is 18.1. The number of ether oxygens (including phenoxy) is 1. The summed E-state index contributed by atoms with van der Waals surface area (Å²) in [7, 11) is 2.15. The molecule has 1 unspecified atom stereocenters. The smallest absolute Gasteiger partial charge is 0.227 e. The van der Waals surface area contributed by atoms with E-state index in [1.54, 1.807) is 0 Å². The average Bonchev–Trinajstić information content (AvgIpc) is 2.77. The Labute approximate surface area is 161 Å². The Morgan fingerprint density at radius 1 is 1.15 bits per heavy atom. The fourth-order valence-electron chi connectivity index (χ4n) is 4.44. The van der Waals surface area contributed by atoms with Crippen LogP contribution >= 0.6 is 0 Å². The zero-order chi connectivity index (χ0) is 18.9. The molecule has 2 aromatic rings. The summed E-state index contributed by atoms with van der Waals surface area (Å²) in [5.74, 6) is 1.17. The van der Waals surface area contributed by atoms with Gasteiger partial charge in [-0.15, -0.1) is 0 Å². The minimum Gasteiger partial charge on any atom is -0.484 e. The van der Waals surface area contributed by atoms with Crippen LogP contribution in [0.25, 0.3) is 0 Å². The number of aryl methyl sites for hydroxylation is 1. The third kappa shape index (κ3) is 4.01. The zero-order valence-corrected chi connectivity index (χ0v) is 16.3. The number of likely N-dealkylation sites (tertiary alicyclic amines) is 1. The minimum atomic E-state index is -0.320. The summed E-state index contributed by atoms with van der Waals surface area (Å²) < 4.78 is 6.61. The van der Waals surface area contributed by atoms with Gasteiger partial charge in [0.05, 0.1) is 13.0 Å². The van der Waals surface area contributed by atoms with Gasteiger partial charge in [0.15, 0.2) is 0 Å². The van der Waals surface area contributed by atoms with Crippen molar-refractivity contribution in [3.8, 4) is 5.75 Å². The molecule has 2 aromatic carbocycles. The molecule has 4 rings (SSSR count). The maximum absolute atomic E-state index is 12.9. The van der Waals surface area contributed by atoms with E-state index in [1.807, 2.05) is 35.2 Å². The van der Waals surface area contributed by atoms with Crippen molar-refractivity contribution >= 4 is 5.91 Å². The lowest BCUT2D eigenvalue weighted by atomic mass is 9.91. The minimum absolute atomic E-state index is 0.194. The van der Waals surface area contributed by atoms with Gasteiger partial charge in [0.25, 0.3) is 0 Å². The summed E-state index contributed by atoms with van der Waals surface area (Å²) in [5.41, 5.74) is 3.24. The number of nitrogens with zero attached hydrogens (tertiary/aromatic N) is 2. The van der Waals surface area contributed by atoms with Gasteiger partial charge in [-0.1, -0.05) is 48.0 Å². The van der Waals surface area contributed by atoms with Gasteiger partial charge in [0.1, 0.15) is 11.4 Å². The standard InChI is InChI=1S/C23H28N2O2/c1-18-9-10-21-20(13-18)15-24(2)16-23(27-21)11-6-12-25(17-23)22(26)14-19-7-4-3-5-8-19/h3-5,7-10,13H,6,11-12,14-17H2,1-2H3. The summed E-state index contributed by atoms with van der Waals surface area (Å²) in [6.07, 6.45) is 2.43. The van der Waals surface area contributed by atoms with Gasteiger partial charge in [-0.25, -0.2) is 0 Å². The average molecular weight is 364 g/mol. The predicted molar refractivity (Wildman–Crippen MR) is 107 cm³/mol. The van der Waals surface area contributed by atoms with E-state index in [0.717, 1.165) is 43.8 Å². The van der Waals surface area contributed by atoms with E-state index in [1.165, 1.54) is 11.1 Å². The molecule has 4 nitrogen and oxygen atoms in total. The highest BCUT2D eigenvalue weighted by molar-refractivity contribution is 5.79. The molecule has 1 saturated heterocycles. The highest BCUT2D eigenvalue weighted by Crippen LogP contribution is 2.34. The molecule has 0 saturated carbocycles. The van der Waals surface area contributed by atoms with Crippen LogP contribution in [0.1, 0.15) is 29.5 Å². The molecule has 0 aromatic heterocycles. The number of hydrogen-bond donors (Lipinski definition) is 0. The Kier molecular flexibility index (Phi) is 4.92. The predicted octanol–water partition coefficient (Wildman–Crippen LogP) is 3.42. The molecule has 0 bridgehead atoms. The van der Waals surface area contributed by atoms with Gasteiger partial charge in [-0.2, -0.15) is 0 Å². The molecular weight excluding hydrogens is 336 g/mol. The van der Waals surface area contributed by atoms with Crippen LogP contribution in [-0.4, -0.2) is 48.0 Å².